The molecule has 1 N–H and O–H groups in total. The van der Waals surface area contributed by atoms with Crippen molar-refractivity contribution in [1.29, 1.82) is 0 Å². The van der Waals surface area contributed by atoms with Gasteiger partial charge in [0.1, 0.15) is 5.75 Å². The lowest BCUT2D eigenvalue weighted by Crippen LogP contribution is -2.14. The summed E-state index contributed by atoms with van der Waals surface area (Å²) in [5, 5.41) is 2.70. The number of hydrogen-bond donors (Lipinski definition) is 1. The molecule has 25 heavy (non-hydrogen) atoms. The lowest BCUT2D eigenvalue weighted by molar-refractivity contribution is -0.137. The SMILES string of the molecule is CNC1=C(Oc2cccc(C(F)(F)F)c2)C(=O)C(c2ccccc2)O1. The lowest BCUT2D eigenvalue weighted by atomic mass is 10.1. The number of ketones is 1. The Labute approximate surface area is 141 Å². The highest BCUT2D eigenvalue weighted by molar-refractivity contribution is 6.00. The molecule has 1 atom stereocenters. The third-order valence-corrected chi connectivity index (χ3v) is 3.61. The zero-order chi connectivity index (χ0) is 18.0. The number of Topliss-reactive ketones (excluding diaryl/α,β-unsaturated/α-hetero) is 1. The Bertz CT molecular complexity index is 816. The van der Waals surface area contributed by atoms with E-state index in [-0.39, 0.29) is 17.4 Å². The number of rotatable bonds is 4. The summed E-state index contributed by atoms with van der Waals surface area (Å²) in [5.41, 5.74) is -0.231. The summed E-state index contributed by atoms with van der Waals surface area (Å²) < 4.78 is 49.4. The van der Waals surface area contributed by atoms with Crippen molar-refractivity contribution in [2.75, 3.05) is 7.05 Å². The average molecular weight is 349 g/mol. The van der Waals surface area contributed by atoms with E-state index in [4.69, 9.17) is 9.47 Å². The Kier molecular flexibility index (Phi) is 4.39. The second kappa shape index (κ2) is 6.51. The van der Waals surface area contributed by atoms with Crippen molar-refractivity contribution in [1.82, 2.24) is 5.32 Å². The fourth-order valence-electron chi connectivity index (χ4n) is 2.43. The maximum atomic E-state index is 12.8. The summed E-state index contributed by atoms with van der Waals surface area (Å²) in [7, 11) is 1.53. The minimum absolute atomic E-state index is 0.0799. The van der Waals surface area contributed by atoms with Crippen molar-refractivity contribution < 1.29 is 27.4 Å². The molecule has 0 radical (unpaired) electrons. The number of hydrogen-bond acceptors (Lipinski definition) is 4. The topological polar surface area (TPSA) is 47.6 Å². The van der Waals surface area contributed by atoms with E-state index >= 15 is 0 Å². The Hall–Kier alpha value is -2.96. The van der Waals surface area contributed by atoms with Crippen molar-refractivity contribution in [3.05, 3.63) is 77.4 Å². The van der Waals surface area contributed by atoms with Gasteiger partial charge in [-0.2, -0.15) is 13.2 Å². The lowest BCUT2D eigenvalue weighted by Gasteiger charge is -2.10. The second-order valence-corrected chi connectivity index (χ2v) is 5.31. The van der Waals surface area contributed by atoms with Crippen molar-refractivity contribution >= 4 is 5.78 Å². The molecule has 0 bridgehead atoms. The molecule has 1 aliphatic rings. The third-order valence-electron chi connectivity index (χ3n) is 3.61. The summed E-state index contributed by atoms with van der Waals surface area (Å²) in [6.07, 6.45) is -5.40. The van der Waals surface area contributed by atoms with Crippen molar-refractivity contribution in [3.8, 4) is 5.75 Å². The monoisotopic (exact) mass is 349 g/mol. The minimum Gasteiger partial charge on any atom is -0.460 e. The van der Waals surface area contributed by atoms with E-state index in [2.05, 4.69) is 5.32 Å². The molecule has 0 spiro atoms. The first-order valence-corrected chi connectivity index (χ1v) is 7.43. The maximum absolute atomic E-state index is 12.8. The van der Waals surface area contributed by atoms with E-state index in [9.17, 15) is 18.0 Å². The normalized spacial score (nSPS) is 17.4. The summed E-state index contributed by atoms with van der Waals surface area (Å²) >= 11 is 0. The minimum atomic E-state index is -4.50. The Morgan fingerprint density at radius 1 is 1.08 bits per heavy atom. The first-order chi connectivity index (χ1) is 11.9. The fraction of sp³-hybridized carbons (Fsp3) is 0.167. The number of alkyl halides is 3. The van der Waals surface area contributed by atoms with Gasteiger partial charge in [-0.1, -0.05) is 36.4 Å². The predicted octanol–water partition coefficient (Wildman–Crippen LogP) is 3.81. The van der Waals surface area contributed by atoms with Gasteiger partial charge in [0, 0.05) is 12.6 Å². The van der Waals surface area contributed by atoms with Gasteiger partial charge in [-0.05, 0) is 18.2 Å². The third kappa shape index (κ3) is 3.45. The number of nitrogens with one attached hydrogen (secondary N) is 1. The average Bonchev–Trinajstić information content (AvgIpc) is 2.91. The smallest absolute Gasteiger partial charge is 0.416 e. The van der Waals surface area contributed by atoms with Crippen LogP contribution >= 0.6 is 0 Å². The molecule has 1 aliphatic heterocycles. The molecule has 0 aliphatic carbocycles. The van der Waals surface area contributed by atoms with E-state index in [1.165, 1.54) is 19.2 Å². The number of carbonyl (C=O) groups is 1. The van der Waals surface area contributed by atoms with Gasteiger partial charge in [-0.25, -0.2) is 0 Å². The number of halogens is 3. The Morgan fingerprint density at radius 2 is 1.80 bits per heavy atom. The summed E-state index contributed by atoms with van der Waals surface area (Å²) in [4.78, 5) is 12.6. The molecule has 1 heterocycles. The highest BCUT2D eigenvalue weighted by Gasteiger charge is 2.38. The van der Waals surface area contributed by atoms with Gasteiger partial charge in [0.15, 0.2) is 6.10 Å². The molecule has 1 unspecified atom stereocenters. The summed E-state index contributed by atoms with van der Waals surface area (Å²) in [6, 6.07) is 13.1. The molecule has 0 saturated heterocycles. The van der Waals surface area contributed by atoms with E-state index in [1.807, 2.05) is 0 Å². The Balaban J connectivity index is 1.87. The van der Waals surface area contributed by atoms with Crippen LogP contribution in [-0.4, -0.2) is 12.8 Å². The molecule has 130 valence electrons. The highest BCUT2D eigenvalue weighted by atomic mass is 19.4. The molecule has 4 nitrogen and oxygen atoms in total. The zero-order valence-electron chi connectivity index (χ0n) is 13.1. The van der Waals surface area contributed by atoms with Crippen LogP contribution in [0.5, 0.6) is 5.75 Å². The van der Waals surface area contributed by atoms with Gasteiger partial charge in [0.2, 0.25) is 17.4 Å². The standard InChI is InChI=1S/C18H14F3NO3/c1-22-17-16(14(23)15(25-17)11-6-3-2-4-7-11)24-13-9-5-8-12(10-13)18(19,20)21/h2-10,15,22H,1H3. The molecule has 0 amide bonds. The number of ether oxygens (including phenoxy) is 2. The zero-order valence-corrected chi connectivity index (χ0v) is 13.1. The second-order valence-electron chi connectivity index (χ2n) is 5.31. The largest absolute Gasteiger partial charge is 0.460 e. The molecule has 2 aromatic rings. The van der Waals surface area contributed by atoms with E-state index in [0.29, 0.717) is 5.56 Å². The van der Waals surface area contributed by atoms with E-state index in [1.54, 1.807) is 30.3 Å². The van der Waals surface area contributed by atoms with Crippen LogP contribution in [0.3, 0.4) is 0 Å². The molecule has 0 aromatic heterocycles. The van der Waals surface area contributed by atoms with Crippen LogP contribution in [-0.2, 0) is 15.7 Å². The predicted molar refractivity (Wildman–Crippen MR) is 83.4 cm³/mol. The van der Waals surface area contributed by atoms with Crippen LogP contribution in [0, 0.1) is 0 Å². The first kappa shape index (κ1) is 16.9. The molecule has 0 saturated carbocycles. The molecule has 0 fully saturated rings. The van der Waals surface area contributed by atoms with E-state index < -0.39 is 23.6 Å². The van der Waals surface area contributed by atoms with Crippen LogP contribution in [0.25, 0.3) is 0 Å². The maximum Gasteiger partial charge on any atom is 0.416 e. The van der Waals surface area contributed by atoms with Crippen LogP contribution in [0.4, 0.5) is 13.2 Å². The van der Waals surface area contributed by atoms with Gasteiger partial charge >= 0.3 is 6.18 Å². The quantitative estimate of drug-likeness (QED) is 0.912. The van der Waals surface area contributed by atoms with Gasteiger partial charge in [0.05, 0.1) is 5.56 Å². The van der Waals surface area contributed by atoms with Gasteiger partial charge < -0.3 is 14.8 Å². The first-order valence-electron chi connectivity index (χ1n) is 7.43. The summed E-state index contributed by atoms with van der Waals surface area (Å²) in [6.45, 7) is 0. The van der Waals surface area contributed by atoms with Crippen LogP contribution in [0.1, 0.15) is 17.2 Å². The van der Waals surface area contributed by atoms with Gasteiger partial charge in [-0.3, -0.25) is 4.79 Å². The number of benzene rings is 2. The van der Waals surface area contributed by atoms with Crippen LogP contribution in [0.2, 0.25) is 0 Å². The number of carbonyl (C=O) groups excluding carboxylic acids is 1. The molecular formula is C18H14F3NO3. The molecule has 7 heteroatoms. The Morgan fingerprint density at radius 3 is 2.44 bits per heavy atom. The fourth-order valence-corrected chi connectivity index (χ4v) is 2.43. The molecule has 3 rings (SSSR count). The highest BCUT2D eigenvalue weighted by Crippen LogP contribution is 2.35. The van der Waals surface area contributed by atoms with Crippen molar-refractivity contribution in [2.24, 2.45) is 0 Å². The van der Waals surface area contributed by atoms with Crippen LogP contribution in [0.15, 0.2) is 66.2 Å². The molecule has 2 aromatic carbocycles. The van der Waals surface area contributed by atoms with Crippen molar-refractivity contribution in [2.45, 2.75) is 12.3 Å². The van der Waals surface area contributed by atoms with Crippen LogP contribution < -0.4 is 10.1 Å². The van der Waals surface area contributed by atoms with E-state index in [0.717, 1.165) is 12.1 Å². The van der Waals surface area contributed by atoms with Gasteiger partial charge in [-0.15, -0.1) is 0 Å². The van der Waals surface area contributed by atoms with Gasteiger partial charge in [0.25, 0.3) is 0 Å². The summed E-state index contributed by atoms with van der Waals surface area (Å²) in [5.74, 6) is -0.636. The molecular weight excluding hydrogens is 335 g/mol. The van der Waals surface area contributed by atoms with Crippen molar-refractivity contribution in [3.63, 3.8) is 0 Å².